The maximum absolute atomic E-state index is 11.0. The molecule has 0 aliphatic carbocycles. The van der Waals surface area contributed by atoms with Gasteiger partial charge in [-0.05, 0) is 24.3 Å². The highest BCUT2D eigenvalue weighted by Crippen LogP contribution is 2.12. The molecule has 1 aromatic rings. The van der Waals surface area contributed by atoms with Crippen LogP contribution in [0.4, 0.5) is 5.69 Å². The van der Waals surface area contributed by atoms with Gasteiger partial charge in [-0.25, -0.2) is 13.6 Å². The highest BCUT2D eigenvalue weighted by Gasteiger charge is 2.06. The van der Waals surface area contributed by atoms with Crippen LogP contribution in [0, 0.1) is 0 Å². The van der Waals surface area contributed by atoms with Crippen LogP contribution in [0.2, 0.25) is 0 Å². The van der Waals surface area contributed by atoms with Gasteiger partial charge in [-0.1, -0.05) is 0 Å². The maximum atomic E-state index is 11.0. The fourth-order valence-corrected chi connectivity index (χ4v) is 1.72. The van der Waals surface area contributed by atoms with Crippen molar-refractivity contribution in [3.05, 3.63) is 24.3 Å². The van der Waals surface area contributed by atoms with Crippen molar-refractivity contribution in [1.82, 2.24) is 5.32 Å². The molecule has 0 radical (unpaired) electrons. The zero-order valence-corrected chi connectivity index (χ0v) is 10.3. The first-order valence-corrected chi connectivity index (χ1v) is 6.55. The first-order valence-electron chi connectivity index (χ1n) is 5.01. The van der Waals surface area contributed by atoms with E-state index < -0.39 is 10.0 Å². The number of hydrogen-bond acceptors (Lipinski definition) is 4. The summed E-state index contributed by atoms with van der Waals surface area (Å²) in [7, 11) is -2.08. The SMILES string of the molecule is CNC(=O)CCNc1ccc(S(N)(=O)=O)cc1. The molecule has 94 valence electrons. The second-order valence-electron chi connectivity index (χ2n) is 3.42. The summed E-state index contributed by atoms with van der Waals surface area (Å²) in [6.45, 7) is 0.481. The number of sulfonamides is 1. The van der Waals surface area contributed by atoms with Crippen LogP contribution in [0.1, 0.15) is 6.42 Å². The number of nitrogens with two attached hydrogens (primary N) is 1. The van der Waals surface area contributed by atoms with Gasteiger partial charge in [0.25, 0.3) is 0 Å². The summed E-state index contributed by atoms with van der Waals surface area (Å²) in [6.07, 6.45) is 0.355. The van der Waals surface area contributed by atoms with Gasteiger partial charge in [0.05, 0.1) is 4.90 Å². The van der Waals surface area contributed by atoms with E-state index in [2.05, 4.69) is 10.6 Å². The van der Waals surface area contributed by atoms with E-state index in [9.17, 15) is 13.2 Å². The fraction of sp³-hybridized carbons (Fsp3) is 0.300. The lowest BCUT2D eigenvalue weighted by Crippen LogP contribution is -2.20. The lowest BCUT2D eigenvalue weighted by molar-refractivity contribution is -0.120. The van der Waals surface area contributed by atoms with Crippen LogP contribution in [0.3, 0.4) is 0 Å². The Bertz CT molecular complexity index is 482. The number of benzene rings is 1. The van der Waals surface area contributed by atoms with Crippen molar-refractivity contribution >= 4 is 21.6 Å². The summed E-state index contributed by atoms with van der Waals surface area (Å²) in [6, 6.07) is 6.03. The molecule has 0 aliphatic heterocycles. The zero-order chi connectivity index (χ0) is 12.9. The molecule has 0 heterocycles. The molecule has 0 atom stereocenters. The van der Waals surface area contributed by atoms with Gasteiger partial charge in [-0.15, -0.1) is 0 Å². The van der Waals surface area contributed by atoms with Crippen molar-refractivity contribution in [2.75, 3.05) is 18.9 Å². The average Bonchev–Trinajstić information content (AvgIpc) is 2.28. The lowest BCUT2D eigenvalue weighted by atomic mass is 10.3. The van der Waals surface area contributed by atoms with Gasteiger partial charge >= 0.3 is 0 Å². The molecule has 1 amide bonds. The average molecular weight is 257 g/mol. The minimum atomic E-state index is -3.65. The molecule has 4 N–H and O–H groups in total. The molecule has 0 bridgehead atoms. The lowest BCUT2D eigenvalue weighted by Gasteiger charge is -2.06. The number of carbonyl (C=O) groups is 1. The van der Waals surface area contributed by atoms with Gasteiger partial charge < -0.3 is 10.6 Å². The Labute approximate surface area is 100 Å². The van der Waals surface area contributed by atoms with Crippen molar-refractivity contribution in [3.63, 3.8) is 0 Å². The third-order valence-electron chi connectivity index (χ3n) is 2.14. The molecule has 0 aliphatic rings. The van der Waals surface area contributed by atoms with E-state index in [4.69, 9.17) is 5.14 Å². The predicted molar refractivity (Wildman–Crippen MR) is 65.0 cm³/mol. The number of hydrogen-bond donors (Lipinski definition) is 3. The van der Waals surface area contributed by atoms with Gasteiger partial charge in [-0.3, -0.25) is 4.79 Å². The number of primary sulfonamides is 1. The van der Waals surface area contributed by atoms with Crippen molar-refractivity contribution in [2.24, 2.45) is 5.14 Å². The third kappa shape index (κ3) is 4.41. The minimum Gasteiger partial charge on any atom is -0.385 e. The Hall–Kier alpha value is -1.60. The Morgan fingerprint density at radius 2 is 1.88 bits per heavy atom. The van der Waals surface area contributed by atoms with Gasteiger partial charge in [0.2, 0.25) is 15.9 Å². The first-order chi connectivity index (χ1) is 7.93. The molecule has 0 aromatic heterocycles. The summed E-state index contributed by atoms with van der Waals surface area (Å²) in [5.41, 5.74) is 0.737. The zero-order valence-electron chi connectivity index (χ0n) is 9.43. The molecular weight excluding hydrogens is 242 g/mol. The second-order valence-corrected chi connectivity index (χ2v) is 4.98. The van der Waals surface area contributed by atoms with Crippen LogP contribution < -0.4 is 15.8 Å². The number of carbonyl (C=O) groups excluding carboxylic acids is 1. The third-order valence-corrected chi connectivity index (χ3v) is 3.07. The molecular formula is C10H15N3O3S. The van der Waals surface area contributed by atoms with Crippen molar-refractivity contribution in [3.8, 4) is 0 Å². The van der Waals surface area contributed by atoms with Gasteiger partial charge in [-0.2, -0.15) is 0 Å². The molecule has 0 saturated heterocycles. The highest BCUT2D eigenvalue weighted by molar-refractivity contribution is 7.89. The van der Waals surface area contributed by atoms with E-state index in [-0.39, 0.29) is 10.8 Å². The molecule has 6 nitrogen and oxygen atoms in total. The molecule has 0 unspecified atom stereocenters. The quantitative estimate of drug-likeness (QED) is 0.684. The smallest absolute Gasteiger partial charge is 0.238 e. The Kier molecular flexibility index (Phi) is 4.47. The van der Waals surface area contributed by atoms with E-state index in [1.165, 1.54) is 12.1 Å². The summed E-state index contributed by atoms with van der Waals surface area (Å²) in [5, 5.41) is 10.5. The number of anilines is 1. The van der Waals surface area contributed by atoms with E-state index in [1.807, 2.05) is 0 Å². The van der Waals surface area contributed by atoms with Crippen molar-refractivity contribution < 1.29 is 13.2 Å². The monoisotopic (exact) mass is 257 g/mol. The van der Waals surface area contributed by atoms with Crippen LogP contribution in [0.25, 0.3) is 0 Å². The molecule has 1 rings (SSSR count). The van der Waals surface area contributed by atoms with Crippen LogP contribution in [-0.4, -0.2) is 27.9 Å². The number of amides is 1. The van der Waals surface area contributed by atoms with E-state index in [0.29, 0.717) is 13.0 Å². The van der Waals surface area contributed by atoms with Crippen LogP contribution >= 0.6 is 0 Å². The largest absolute Gasteiger partial charge is 0.385 e. The normalized spacial score (nSPS) is 10.9. The highest BCUT2D eigenvalue weighted by atomic mass is 32.2. The van der Waals surface area contributed by atoms with Gasteiger partial charge in [0, 0.05) is 25.7 Å². The second kappa shape index (κ2) is 5.65. The number of nitrogens with one attached hydrogen (secondary N) is 2. The van der Waals surface area contributed by atoms with Crippen LogP contribution in [-0.2, 0) is 14.8 Å². The molecule has 0 saturated carbocycles. The van der Waals surface area contributed by atoms with Gasteiger partial charge in [0.1, 0.15) is 0 Å². The van der Waals surface area contributed by atoms with E-state index >= 15 is 0 Å². The standard InChI is InChI=1S/C10H15N3O3S/c1-12-10(14)6-7-13-8-2-4-9(5-3-8)17(11,15)16/h2-5,13H,6-7H2,1H3,(H,12,14)(H2,11,15,16). The van der Waals surface area contributed by atoms with Crippen LogP contribution in [0.5, 0.6) is 0 Å². The van der Waals surface area contributed by atoms with E-state index in [0.717, 1.165) is 5.69 Å². The summed E-state index contributed by atoms with van der Waals surface area (Å²) in [4.78, 5) is 11.0. The summed E-state index contributed by atoms with van der Waals surface area (Å²) < 4.78 is 22.0. The first kappa shape index (κ1) is 13.5. The Morgan fingerprint density at radius 3 is 2.35 bits per heavy atom. The topological polar surface area (TPSA) is 101 Å². The molecule has 0 spiro atoms. The molecule has 1 aromatic carbocycles. The Morgan fingerprint density at radius 1 is 1.29 bits per heavy atom. The predicted octanol–water partition coefficient (Wildman–Crippen LogP) is -0.118. The molecule has 7 heteroatoms. The van der Waals surface area contributed by atoms with Crippen molar-refractivity contribution in [1.29, 1.82) is 0 Å². The summed E-state index contributed by atoms with van der Waals surface area (Å²) in [5.74, 6) is -0.0568. The van der Waals surface area contributed by atoms with Crippen molar-refractivity contribution in [2.45, 2.75) is 11.3 Å². The maximum Gasteiger partial charge on any atom is 0.238 e. The van der Waals surface area contributed by atoms with E-state index in [1.54, 1.807) is 19.2 Å². The minimum absolute atomic E-state index is 0.0568. The molecule has 0 fully saturated rings. The van der Waals surface area contributed by atoms with Crippen LogP contribution in [0.15, 0.2) is 29.2 Å². The Balaban J connectivity index is 2.55. The molecule has 17 heavy (non-hydrogen) atoms. The fourth-order valence-electron chi connectivity index (χ4n) is 1.21. The number of rotatable bonds is 5. The summed E-state index contributed by atoms with van der Waals surface area (Å²) >= 11 is 0. The van der Waals surface area contributed by atoms with Gasteiger partial charge in [0.15, 0.2) is 0 Å².